The summed E-state index contributed by atoms with van der Waals surface area (Å²) in [4.78, 5) is 38.5. The first-order valence-electron chi connectivity index (χ1n) is 11.9. The van der Waals surface area contributed by atoms with Crippen LogP contribution in [-0.2, 0) is 24.2 Å². The Kier molecular flexibility index (Phi) is 9.00. The van der Waals surface area contributed by atoms with E-state index in [0.717, 1.165) is 12.0 Å². The first-order valence-corrected chi connectivity index (χ1v) is 11.9. The molecule has 0 unspecified atom stereocenters. The number of non-ortho nitro benzene ring substituents is 1. The van der Waals surface area contributed by atoms with E-state index in [4.69, 9.17) is 0 Å². The fraction of sp³-hybridized carbons (Fsp3) is 0.440. The van der Waals surface area contributed by atoms with Crippen molar-refractivity contribution in [2.24, 2.45) is 5.92 Å². The number of ketones is 1. The number of hydrogen-bond acceptors (Lipinski definition) is 6. The van der Waals surface area contributed by atoms with Gasteiger partial charge in [-0.1, -0.05) is 50.2 Å². The molecular weight excluding hydrogens is 449 g/mol. The molecule has 3 rings (SSSR count). The second-order valence-corrected chi connectivity index (χ2v) is 9.54. The number of urea groups is 1. The number of carbonyl (C=O) groups is 2. The summed E-state index contributed by atoms with van der Waals surface area (Å²) in [6.07, 6.45) is 1.21. The normalized spacial score (nSPS) is 14.7. The van der Waals surface area contributed by atoms with Gasteiger partial charge >= 0.3 is 13.1 Å². The monoisotopic (exact) mass is 481 g/mol. The maximum Gasteiger partial charge on any atom is 0.455 e. The Hall–Kier alpha value is -3.24. The summed E-state index contributed by atoms with van der Waals surface area (Å²) in [5.74, 6) is -0.806. The zero-order valence-electron chi connectivity index (χ0n) is 20.1. The second kappa shape index (κ2) is 11.9. The predicted octanol–water partition coefficient (Wildman–Crippen LogP) is 3.12. The zero-order chi connectivity index (χ0) is 25.5. The lowest BCUT2D eigenvalue weighted by molar-refractivity contribution is -0.384. The number of nitrogens with one attached hydrogen (secondary N) is 1. The van der Waals surface area contributed by atoms with Crippen LogP contribution in [0.2, 0.25) is 5.82 Å². The molecule has 0 aliphatic carbocycles. The van der Waals surface area contributed by atoms with Crippen molar-refractivity contribution in [1.29, 1.82) is 0 Å². The van der Waals surface area contributed by atoms with Crippen molar-refractivity contribution in [1.82, 2.24) is 10.2 Å². The summed E-state index contributed by atoms with van der Waals surface area (Å²) in [6, 6.07) is 12.5. The SMILES string of the molecule is CC(C)C[C@H](CC(=O)[C@H](Cc1ccc([N+](=O)[O-])cc1)NC(=O)N1CCc2ccccc2C1)B(O)O. The highest BCUT2D eigenvalue weighted by Crippen LogP contribution is 2.25. The van der Waals surface area contributed by atoms with Gasteiger partial charge in [-0.05, 0) is 41.9 Å². The van der Waals surface area contributed by atoms with Crippen molar-refractivity contribution in [2.45, 2.75) is 57.9 Å². The van der Waals surface area contributed by atoms with Crippen molar-refractivity contribution in [2.75, 3.05) is 6.54 Å². The molecule has 1 aliphatic rings. The summed E-state index contributed by atoms with van der Waals surface area (Å²) < 4.78 is 0. The van der Waals surface area contributed by atoms with Crippen molar-refractivity contribution >= 4 is 24.6 Å². The molecule has 2 aromatic rings. The van der Waals surface area contributed by atoms with Gasteiger partial charge in [-0.25, -0.2) is 4.79 Å². The highest BCUT2D eigenvalue weighted by Gasteiger charge is 2.32. The number of benzene rings is 2. The minimum Gasteiger partial charge on any atom is -0.427 e. The van der Waals surface area contributed by atoms with E-state index in [1.165, 1.54) is 17.7 Å². The van der Waals surface area contributed by atoms with Crippen LogP contribution >= 0.6 is 0 Å². The Bertz CT molecular complexity index is 1040. The van der Waals surface area contributed by atoms with Crippen LogP contribution in [0.5, 0.6) is 0 Å². The standard InChI is InChI=1S/C25H32BN3O6/c1-17(2)13-21(26(32)33)15-24(30)23(14-18-7-9-22(10-8-18)29(34)35)27-25(31)28-12-11-19-5-3-4-6-20(19)16-28/h3-10,17,21,23,32-33H,11-16H2,1-2H3,(H,27,31)/t21-,23+/m1/s1. The minimum atomic E-state index is -1.64. The van der Waals surface area contributed by atoms with Gasteiger partial charge in [0, 0.05) is 37.5 Å². The number of amides is 2. The van der Waals surface area contributed by atoms with Gasteiger partial charge in [0.1, 0.15) is 0 Å². The van der Waals surface area contributed by atoms with Gasteiger partial charge < -0.3 is 20.3 Å². The van der Waals surface area contributed by atoms with Crippen LogP contribution in [0.25, 0.3) is 0 Å². The molecule has 2 amide bonds. The first-order chi connectivity index (χ1) is 16.6. The summed E-state index contributed by atoms with van der Waals surface area (Å²) in [6.45, 7) is 4.83. The molecule has 9 nitrogen and oxygen atoms in total. The number of fused-ring (bicyclic) bond motifs is 1. The highest BCUT2D eigenvalue weighted by molar-refractivity contribution is 6.43. The highest BCUT2D eigenvalue weighted by atomic mass is 16.6. The molecule has 1 heterocycles. The van der Waals surface area contributed by atoms with Crippen LogP contribution in [0.4, 0.5) is 10.5 Å². The second-order valence-electron chi connectivity index (χ2n) is 9.54. The molecule has 186 valence electrons. The molecule has 3 N–H and O–H groups in total. The van der Waals surface area contributed by atoms with Crippen LogP contribution in [-0.4, -0.2) is 51.4 Å². The summed E-state index contributed by atoms with van der Waals surface area (Å²) in [5, 5.41) is 33.4. The van der Waals surface area contributed by atoms with Crippen LogP contribution in [0.15, 0.2) is 48.5 Å². The predicted molar refractivity (Wildman–Crippen MR) is 133 cm³/mol. The van der Waals surface area contributed by atoms with Gasteiger partial charge in [-0.3, -0.25) is 14.9 Å². The van der Waals surface area contributed by atoms with E-state index in [2.05, 4.69) is 5.32 Å². The Morgan fingerprint density at radius 2 is 1.77 bits per heavy atom. The first kappa shape index (κ1) is 26.4. The van der Waals surface area contributed by atoms with Gasteiger partial charge in [0.25, 0.3) is 5.69 Å². The molecule has 35 heavy (non-hydrogen) atoms. The lowest BCUT2D eigenvalue weighted by Crippen LogP contribution is -2.50. The smallest absolute Gasteiger partial charge is 0.427 e. The van der Waals surface area contributed by atoms with Gasteiger partial charge in [0.2, 0.25) is 0 Å². The van der Waals surface area contributed by atoms with E-state index >= 15 is 0 Å². The van der Waals surface area contributed by atoms with E-state index < -0.39 is 23.9 Å². The maximum absolute atomic E-state index is 13.3. The van der Waals surface area contributed by atoms with E-state index in [0.29, 0.717) is 25.1 Å². The number of nitro groups is 1. The van der Waals surface area contributed by atoms with Crippen LogP contribution in [0.1, 0.15) is 43.4 Å². The number of nitrogens with zero attached hydrogens (tertiary/aromatic N) is 2. The van der Waals surface area contributed by atoms with Gasteiger partial charge in [-0.15, -0.1) is 0 Å². The van der Waals surface area contributed by atoms with Crippen molar-refractivity contribution in [3.63, 3.8) is 0 Å². The summed E-state index contributed by atoms with van der Waals surface area (Å²) >= 11 is 0. The summed E-state index contributed by atoms with van der Waals surface area (Å²) in [7, 11) is -1.64. The number of nitro benzene ring substituents is 1. The Balaban J connectivity index is 1.76. The molecule has 1 aliphatic heterocycles. The summed E-state index contributed by atoms with van der Waals surface area (Å²) in [5.41, 5.74) is 2.85. The maximum atomic E-state index is 13.3. The number of hydrogen-bond donors (Lipinski definition) is 3. The average molecular weight is 481 g/mol. The van der Waals surface area contributed by atoms with Gasteiger partial charge in [0.05, 0.1) is 11.0 Å². The Morgan fingerprint density at radius 3 is 2.37 bits per heavy atom. The topological polar surface area (TPSA) is 133 Å². The van der Waals surface area contributed by atoms with Gasteiger partial charge in [-0.2, -0.15) is 0 Å². The third-order valence-electron chi connectivity index (χ3n) is 6.35. The molecule has 0 saturated carbocycles. The lowest BCUT2D eigenvalue weighted by Gasteiger charge is -2.31. The average Bonchev–Trinajstić information content (AvgIpc) is 2.82. The van der Waals surface area contributed by atoms with Crippen molar-refractivity contribution < 1.29 is 24.6 Å². The third kappa shape index (κ3) is 7.37. The van der Waals surface area contributed by atoms with Gasteiger partial charge in [0.15, 0.2) is 5.78 Å². The largest absolute Gasteiger partial charge is 0.455 e. The zero-order valence-corrected chi connectivity index (χ0v) is 20.1. The molecule has 2 aromatic carbocycles. The quantitative estimate of drug-likeness (QED) is 0.271. The number of carbonyl (C=O) groups excluding carboxylic acids is 2. The van der Waals surface area contributed by atoms with Crippen molar-refractivity contribution in [3.8, 4) is 0 Å². The fourth-order valence-corrected chi connectivity index (χ4v) is 4.46. The molecule has 0 fully saturated rings. The third-order valence-corrected chi connectivity index (χ3v) is 6.35. The molecule has 0 bridgehead atoms. The van der Waals surface area contributed by atoms with Crippen molar-refractivity contribution in [3.05, 3.63) is 75.3 Å². The lowest BCUT2D eigenvalue weighted by atomic mass is 9.66. The van der Waals surface area contributed by atoms with E-state index in [-0.39, 0.29) is 36.3 Å². The molecule has 10 heteroatoms. The number of Topliss-reactive ketones (excluding diaryl/α,β-unsaturated/α-hetero) is 1. The van der Waals surface area contributed by atoms with E-state index in [9.17, 15) is 29.8 Å². The molecular formula is C25H32BN3O6. The van der Waals surface area contributed by atoms with E-state index in [1.54, 1.807) is 17.0 Å². The Morgan fingerprint density at radius 1 is 1.11 bits per heavy atom. The fourth-order valence-electron chi connectivity index (χ4n) is 4.46. The van der Waals surface area contributed by atoms with E-state index in [1.807, 2.05) is 38.1 Å². The van der Waals surface area contributed by atoms with Crippen LogP contribution < -0.4 is 5.32 Å². The minimum absolute atomic E-state index is 0.0620. The molecule has 0 radical (unpaired) electrons. The van der Waals surface area contributed by atoms with Crippen LogP contribution in [0, 0.1) is 16.0 Å². The molecule has 0 spiro atoms. The number of rotatable bonds is 10. The Labute approximate surface area is 205 Å². The molecule has 2 atom stereocenters. The molecule has 0 aromatic heterocycles. The van der Waals surface area contributed by atoms with Crippen LogP contribution in [0.3, 0.4) is 0 Å². The molecule has 0 saturated heterocycles.